The molecule has 0 radical (unpaired) electrons. The van der Waals surface area contributed by atoms with Crippen molar-refractivity contribution >= 4 is 5.91 Å². The van der Waals surface area contributed by atoms with Gasteiger partial charge in [0.05, 0.1) is 0 Å². The first-order valence-electron chi connectivity index (χ1n) is 6.05. The predicted molar refractivity (Wildman–Crippen MR) is 65.6 cm³/mol. The largest absolute Gasteiger partial charge is 0.504 e. The second kappa shape index (κ2) is 5.73. The molecule has 1 aliphatic rings. The lowest BCUT2D eigenvalue weighted by Crippen LogP contribution is -2.32. The zero-order valence-electron chi connectivity index (χ0n) is 10.1. The maximum Gasteiger partial charge on any atom is 0.251 e. The summed E-state index contributed by atoms with van der Waals surface area (Å²) in [6, 6.07) is 4.04. The number of carbonyl (C=O) groups excluding carboxylic acids is 1. The highest BCUT2D eigenvalue weighted by Gasteiger charge is 2.15. The molecule has 0 spiro atoms. The number of benzene rings is 1. The molecule has 3 N–H and O–H groups in total. The van der Waals surface area contributed by atoms with Crippen LogP contribution in [0.5, 0.6) is 11.5 Å². The van der Waals surface area contributed by atoms with Crippen molar-refractivity contribution < 1.29 is 19.7 Å². The quantitative estimate of drug-likeness (QED) is 0.706. The number of hydrogen-bond acceptors (Lipinski definition) is 4. The van der Waals surface area contributed by atoms with E-state index in [-0.39, 0.29) is 17.4 Å². The molecule has 0 bridgehead atoms. The lowest BCUT2D eigenvalue weighted by atomic mass is 10.0. The van der Waals surface area contributed by atoms with Crippen LogP contribution < -0.4 is 5.32 Å². The highest BCUT2D eigenvalue weighted by atomic mass is 16.5. The topological polar surface area (TPSA) is 78.8 Å². The van der Waals surface area contributed by atoms with Crippen LogP contribution in [0.15, 0.2) is 18.2 Å². The Morgan fingerprint density at radius 3 is 2.67 bits per heavy atom. The van der Waals surface area contributed by atoms with Gasteiger partial charge in [-0.2, -0.15) is 0 Å². The zero-order chi connectivity index (χ0) is 13.0. The van der Waals surface area contributed by atoms with Crippen molar-refractivity contribution in [1.29, 1.82) is 0 Å². The van der Waals surface area contributed by atoms with Crippen LogP contribution in [0.2, 0.25) is 0 Å². The van der Waals surface area contributed by atoms with Gasteiger partial charge >= 0.3 is 0 Å². The molecule has 2 rings (SSSR count). The van der Waals surface area contributed by atoms with Crippen LogP contribution in [0.25, 0.3) is 0 Å². The number of phenols is 2. The third-order valence-corrected chi connectivity index (χ3v) is 3.13. The Balaban J connectivity index is 1.88. The Kier molecular flexibility index (Phi) is 4.04. The number of ether oxygens (including phenoxy) is 1. The van der Waals surface area contributed by atoms with E-state index in [9.17, 15) is 9.90 Å². The van der Waals surface area contributed by atoms with Crippen molar-refractivity contribution in [2.24, 2.45) is 5.92 Å². The Labute approximate surface area is 105 Å². The van der Waals surface area contributed by atoms with Crippen LogP contribution in [0.4, 0.5) is 0 Å². The second-order valence-electron chi connectivity index (χ2n) is 4.47. The summed E-state index contributed by atoms with van der Waals surface area (Å²) in [6.45, 7) is 2.12. The Bertz CT molecular complexity index is 427. The van der Waals surface area contributed by atoms with Crippen LogP contribution in [0, 0.1) is 5.92 Å². The van der Waals surface area contributed by atoms with Gasteiger partial charge in [0, 0.05) is 25.3 Å². The summed E-state index contributed by atoms with van der Waals surface area (Å²) in [5.41, 5.74) is 0.345. The fourth-order valence-electron chi connectivity index (χ4n) is 1.95. The molecular weight excluding hydrogens is 234 g/mol. The summed E-state index contributed by atoms with van der Waals surface area (Å²) >= 11 is 0. The van der Waals surface area contributed by atoms with E-state index in [2.05, 4.69) is 5.32 Å². The third-order valence-electron chi connectivity index (χ3n) is 3.13. The third kappa shape index (κ3) is 3.13. The summed E-state index contributed by atoms with van der Waals surface area (Å²) in [5, 5.41) is 21.3. The summed E-state index contributed by atoms with van der Waals surface area (Å²) in [5.74, 6) is -0.296. The summed E-state index contributed by atoms with van der Waals surface area (Å²) in [6.07, 6.45) is 1.92. The Hall–Kier alpha value is -1.75. The van der Waals surface area contributed by atoms with Crippen molar-refractivity contribution in [3.05, 3.63) is 23.8 Å². The number of phenolic OH excluding ortho intramolecular Hbond substituents is 2. The van der Waals surface area contributed by atoms with E-state index >= 15 is 0 Å². The normalized spacial score (nSPS) is 16.4. The monoisotopic (exact) mass is 251 g/mol. The van der Waals surface area contributed by atoms with Gasteiger partial charge in [-0.3, -0.25) is 4.79 Å². The number of nitrogens with one attached hydrogen (secondary N) is 1. The minimum absolute atomic E-state index is 0.226. The number of carbonyl (C=O) groups is 1. The van der Waals surface area contributed by atoms with Gasteiger partial charge < -0.3 is 20.3 Å². The highest BCUT2D eigenvalue weighted by Crippen LogP contribution is 2.24. The highest BCUT2D eigenvalue weighted by molar-refractivity contribution is 5.94. The Morgan fingerprint density at radius 1 is 1.28 bits per heavy atom. The molecule has 0 aromatic heterocycles. The van der Waals surface area contributed by atoms with E-state index in [4.69, 9.17) is 9.84 Å². The fourth-order valence-corrected chi connectivity index (χ4v) is 1.95. The van der Waals surface area contributed by atoms with Gasteiger partial charge in [0.15, 0.2) is 11.5 Å². The number of rotatable bonds is 3. The summed E-state index contributed by atoms with van der Waals surface area (Å²) in [7, 11) is 0. The molecule has 0 aliphatic carbocycles. The van der Waals surface area contributed by atoms with Gasteiger partial charge in [0.2, 0.25) is 0 Å². The lowest BCUT2D eigenvalue weighted by Gasteiger charge is -2.22. The average Bonchev–Trinajstić information content (AvgIpc) is 2.40. The van der Waals surface area contributed by atoms with E-state index in [0.29, 0.717) is 18.0 Å². The summed E-state index contributed by atoms with van der Waals surface area (Å²) < 4.78 is 5.25. The van der Waals surface area contributed by atoms with E-state index in [1.807, 2.05) is 0 Å². The molecule has 98 valence electrons. The molecule has 0 atom stereocenters. The van der Waals surface area contributed by atoms with Crippen molar-refractivity contribution in [3.63, 3.8) is 0 Å². The van der Waals surface area contributed by atoms with Crippen LogP contribution in [0.3, 0.4) is 0 Å². The smallest absolute Gasteiger partial charge is 0.251 e. The first-order valence-corrected chi connectivity index (χ1v) is 6.05. The molecule has 1 saturated heterocycles. The zero-order valence-corrected chi connectivity index (χ0v) is 10.1. The van der Waals surface area contributed by atoms with Crippen LogP contribution in [0.1, 0.15) is 23.2 Å². The molecule has 5 nitrogen and oxygen atoms in total. The van der Waals surface area contributed by atoms with Gasteiger partial charge in [-0.1, -0.05) is 0 Å². The number of hydrogen-bond donors (Lipinski definition) is 3. The van der Waals surface area contributed by atoms with Crippen LogP contribution in [-0.2, 0) is 4.74 Å². The Morgan fingerprint density at radius 2 is 2.00 bits per heavy atom. The van der Waals surface area contributed by atoms with Crippen molar-refractivity contribution in [3.8, 4) is 11.5 Å². The molecule has 1 aliphatic heterocycles. The number of aromatic hydroxyl groups is 2. The number of amides is 1. The molecule has 1 aromatic rings. The lowest BCUT2D eigenvalue weighted by molar-refractivity contribution is 0.0642. The predicted octanol–water partition coefficient (Wildman–Crippen LogP) is 1.25. The molecule has 0 unspecified atom stereocenters. The molecule has 18 heavy (non-hydrogen) atoms. The minimum Gasteiger partial charge on any atom is -0.504 e. The van der Waals surface area contributed by atoms with E-state index in [0.717, 1.165) is 26.1 Å². The molecule has 1 heterocycles. The van der Waals surface area contributed by atoms with Crippen molar-refractivity contribution in [1.82, 2.24) is 5.32 Å². The molecule has 1 amide bonds. The van der Waals surface area contributed by atoms with Gasteiger partial charge in [0.1, 0.15) is 0 Å². The maximum absolute atomic E-state index is 11.8. The standard InChI is InChI=1S/C13H17NO4/c15-11-2-1-10(7-12(11)16)13(17)14-8-9-3-5-18-6-4-9/h1-2,7,9,15-16H,3-6,8H2,(H,14,17). The molecule has 0 saturated carbocycles. The molecule has 1 aromatic carbocycles. The van der Waals surface area contributed by atoms with E-state index in [1.165, 1.54) is 18.2 Å². The van der Waals surface area contributed by atoms with Crippen LogP contribution >= 0.6 is 0 Å². The first-order chi connectivity index (χ1) is 8.66. The SMILES string of the molecule is O=C(NCC1CCOCC1)c1ccc(O)c(O)c1. The average molecular weight is 251 g/mol. The van der Waals surface area contributed by atoms with Crippen molar-refractivity contribution in [2.75, 3.05) is 19.8 Å². The van der Waals surface area contributed by atoms with Gasteiger partial charge in [-0.25, -0.2) is 0 Å². The molecule has 5 heteroatoms. The molecule has 1 fully saturated rings. The van der Waals surface area contributed by atoms with E-state index in [1.54, 1.807) is 0 Å². The molecular formula is C13H17NO4. The van der Waals surface area contributed by atoms with Crippen molar-refractivity contribution in [2.45, 2.75) is 12.8 Å². The van der Waals surface area contributed by atoms with Gasteiger partial charge in [0.25, 0.3) is 5.91 Å². The summed E-state index contributed by atoms with van der Waals surface area (Å²) in [4.78, 5) is 11.8. The van der Waals surface area contributed by atoms with Gasteiger partial charge in [-0.15, -0.1) is 0 Å². The fraction of sp³-hybridized carbons (Fsp3) is 0.462. The minimum atomic E-state index is -0.284. The van der Waals surface area contributed by atoms with Crippen LogP contribution in [-0.4, -0.2) is 35.9 Å². The second-order valence-corrected chi connectivity index (χ2v) is 4.47. The first kappa shape index (κ1) is 12.7. The van der Waals surface area contributed by atoms with Gasteiger partial charge in [-0.05, 0) is 37.0 Å². The maximum atomic E-state index is 11.8. The van der Waals surface area contributed by atoms with E-state index < -0.39 is 0 Å².